The minimum Gasteiger partial charge on any atom is -0.481 e. The summed E-state index contributed by atoms with van der Waals surface area (Å²) < 4.78 is 21.2. The minimum absolute atomic E-state index is 0.0452. The first kappa shape index (κ1) is 46.9. The molecule has 296 valence electrons. The van der Waals surface area contributed by atoms with E-state index in [1.807, 2.05) is 0 Å². The molecule has 0 bridgehead atoms. The van der Waals surface area contributed by atoms with Crippen molar-refractivity contribution in [2.24, 2.45) is 5.92 Å². The summed E-state index contributed by atoms with van der Waals surface area (Å²) in [5, 5.41) is 14.7. The van der Waals surface area contributed by atoms with E-state index in [1.165, 1.54) is 39.4 Å². The summed E-state index contributed by atoms with van der Waals surface area (Å²) in [4.78, 5) is 64.4. The highest BCUT2D eigenvalue weighted by Gasteiger charge is 2.49. The highest BCUT2D eigenvalue weighted by atomic mass is 16.6. The second-order valence-corrected chi connectivity index (χ2v) is 14.2. The lowest BCUT2D eigenvalue weighted by molar-refractivity contribution is -0.186. The molecule has 0 saturated heterocycles. The zero-order valence-corrected chi connectivity index (χ0v) is 33.1. The Kier molecular flexibility index (Phi) is 22.8. The normalized spacial score (nSPS) is 13.5. The van der Waals surface area contributed by atoms with Crippen LogP contribution in [0.25, 0.3) is 0 Å². The molecule has 1 amide bonds. The molecule has 1 rings (SSSR count). The standard InChI is InChI=1S/C42H63NO10/c1-8-10-12-15-18-21-34(45)22-19-16-13-14-17-20-23-36(42(49,28-30-51-32(3)44)40(48)53-41(4,5)6)38(46)43-37(39(47)50-7)31-33-24-26-35(27-25-33)52-29-11-9-2/h20,23-27,36-37,49H,8,10,12-19,21-22,28-31H2,1-7H3,(H,43,46)/b23-20+/t36-,37+,42+/m1/s1. The van der Waals surface area contributed by atoms with E-state index in [0.29, 0.717) is 36.4 Å². The number of ether oxygens (including phenoxy) is 4. The average Bonchev–Trinajstić information content (AvgIpc) is 3.10. The Hall–Kier alpha value is -4.17. The molecule has 0 aliphatic heterocycles. The van der Waals surface area contributed by atoms with Crippen molar-refractivity contribution in [2.45, 2.75) is 149 Å². The van der Waals surface area contributed by atoms with Gasteiger partial charge in [-0.3, -0.25) is 14.4 Å². The van der Waals surface area contributed by atoms with Crippen LogP contribution in [0.4, 0.5) is 0 Å². The Balaban J connectivity index is 3.16. The molecule has 0 aliphatic carbocycles. The molecular weight excluding hydrogens is 678 g/mol. The summed E-state index contributed by atoms with van der Waals surface area (Å²) in [6.07, 6.45) is 13.4. The first-order valence-electron chi connectivity index (χ1n) is 18.9. The fourth-order valence-corrected chi connectivity index (χ4v) is 5.53. The van der Waals surface area contributed by atoms with Gasteiger partial charge in [0.25, 0.3) is 0 Å². The minimum atomic E-state index is -2.46. The molecule has 0 aromatic heterocycles. The third-order valence-corrected chi connectivity index (χ3v) is 8.46. The fraction of sp³-hybridized carbons (Fsp3) is 0.643. The monoisotopic (exact) mass is 741 g/mol. The lowest BCUT2D eigenvalue weighted by Crippen LogP contribution is -2.56. The number of amides is 1. The van der Waals surface area contributed by atoms with Crippen molar-refractivity contribution in [2.75, 3.05) is 20.3 Å². The number of esters is 3. The molecule has 53 heavy (non-hydrogen) atoms. The summed E-state index contributed by atoms with van der Waals surface area (Å²) in [5.74, 6) is 1.69. The molecule has 0 saturated carbocycles. The van der Waals surface area contributed by atoms with Crippen LogP contribution in [0.5, 0.6) is 5.75 Å². The van der Waals surface area contributed by atoms with Gasteiger partial charge < -0.3 is 29.4 Å². The number of carbonyl (C=O) groups excluding carboxylic acids is 5. The Bertz CT molecular complexity index is 1370. The Morgan fingerprint density at radius 3 is 2.11 bits per heavy atom. The van der Waals surface area contributed by atoms with Gasteiger partial charge in [0.15, 0.2) is 5.60 Å². The van der Waals surface area contributed by atoms with Gasteiger partial charge in [-0.15, -0.1) is 5.92 Å². The first-order valence-corrected chi connectivity index (χ1v) is 18.9. The van der Waals surface area contributed by atoms with Crippen LogP contribution < -0.4 is 10.1 Å². The fourth-order valence-electron chi connectivity index (χ4n) is 5.53. The van der Waals surface area contributed by atoms with Crippen LogP contribution in [0, 0.1) is 17.8 Å². The van der Waals surface area contributed by atoms with Crippen LogP contribution in [0.2, 0.25) is 0 Å². The zero-order chi connectivity index (χ0) is 39.7. The predicted molar refractivity (Wildman–Crippen MR) is 204 cm³/mol. The van der Waals surface area contributed by atoms with Crippen LogP contribution in [-0.4, -0.2) is 72.3 Å². The summed E-state index contributed by atoms with van der Waals surface area (Å²) >= 11 is 0. The third kappa shape index (κ3) is 20.0. The molecule has 0 fully saturated rings. The number of carbonyl (C=O) groups is 5. The first-order chi connectivity index (χ1) is 25.2. The van der Waals surface area contributed by atoms with Crippen molar-refractivity contribution in [3.05, 3.63) is 42.0 Å². The third-order valence-electron chi connectivity index (χ3n) is 8.46. The average molecular weight is 742 g/mol. The molecule has 1 aromatic rings. The van der Waals surface area contributed by atoms with E-state index in [0.717, 1.165) is 38.5 Å². The van der Waals surface area contributed by atoms with E-state index in [2.05, 4.69) is 24.1 Å². The molecule has 1 aromatic carbocycles. The SMILES string of the molecule is CC#CCOc1ccc(C[C@H](NC(=O)[C@@H](/C=C/CCCCCCC(=O)CCCCCCC)[C@@](O)(CCOC(C)=O)C(=O)OC(C)(C)C)C(=O)OC)cc1. The maximum atomic E-state index is 14.1. The number of nitrogens with one attached hydrogen (secondary N) is 1. The van der Waals surface area contributed by atoms with Gasteiger partial charge in [-0.1, -0.05) is 75.7 Å². The number of Topliss-reactive ketones (excluding diaryl/α,β-unsaturated/α-hetero) is 1. The number of allylic oxidation sites excluding steroid dienone is 1. The molecule has 0 aliphatic rings. The second-order valence-electron chi connectivity index (χ2n) is 14.2. The second kappa shape index (κ2) is 25.7. The lowest BCUT2D eigenvalue weighted by Gasteiger charge is -2.34. The van der Waals surface area contributed by atoms with Crippen molar-refractivity contribution in [3.63, 3.8) is 0 Å². The molecule has 11 heteroatoms. The Morgan fingerprint density at radius 2 is 1.55 bits per heavy atom. The van der Waals surface area contributed by atoms with E-state index in [4.69, 9.17) is 18.9 Å². The van der Waals surface area contributed by atoms with Crippen LogP contribution in [0.3, 0.4) is 0 Å². The smallest absolute Gasteiger partial charge is 0.339 e. The molecule has 0 radical (unpaired) electrons. The number of hydrogen-bond acceptors (Lipinski definition) is 10. The highest BCUT2D eigenvalue weighted by molar-refractivity contribution is 5.93. The van der Waals surface area contributed by atoms with Gasteiger partial charge in [-0.2, -0.15) is 0 Å². The van der Waals surface area contributed by atoms with Crippen molar-refractivity contribution < 1.29 is 48.0 Å². The number of methoxy groups -OCH3 is 1. The molecular formula is C42H63NO10. The van der Waals surface area contributed by atoms with Gasteiger partial charge in [0, 0.05) is 32.6 Å². The van der Waals surface area contributed by atoms with Crippen LogP contribution in [0.1, 0.15) is 131 Å². The summed E-state index contributed by atoms with van der Waals surface area (Å²) in [7, 11) is 1.20. The van der Waals surface area contributed by atoms with Crippen molar-refractivity contribution >= 4 is 29.6 Å². The molecule has 0 heterocycles. The largest absolute Gasteiger partial charge is 0.481 e. The maximum Gasteiger partial charge on any atom is 0.339 e. The maximum absolute atomic E-state index is 14.1. The lowest BCUT2D eigenvalue weighted by atomic mass is 9.82. The molecule has 0 spiro atoms. The molecule has 11 nitrogen and oxygen atoms in total. The van der Waals surface area contributed by atoms with Crippen molar-refractivity contribution in [3.8, 4) is 17.6 Å². The number of hydrogen-bond donors (Lipinski definition) is 2. The topological polar surface area (TPSA) is 155 Å². The molecule has 2 N–H and O–H groups in total. The quantitative estimate of drug-likeness (QED) is 0.0342. The van der Waals surface area contributed by atoms with Crippen molar-refractivity contribution in [1.82, 2.24) is 5.32 Å². The van der Waals surface area contributed by atoms with Gasteiger partial charge >= 0.3 is 17.9 Å². The van der Waals surface area contributed by atoms with E-state index >= 15 is 0 Å². The Morgan fingerprint density at radius 1 is 0.925 bits per heavy atom. The molecule has 0 unspecified atom stereocenters. The van der Waals surface area contributed by atoms with Gasteiger partial charge in [-0.25, -0.2) is 9.59 Å². The highest BCUT2D eigenvalue weighted by Crippen LogP contribution is 2.29. The molecule has 3 atom stereocenters. The number of ketones is 1. The van der Waals surface area contributed by atoms with Crippen LogP contribution >= 0.6 is 0 Å². The van der Waals surface area contributed by atoms with Gasteiger partial charge in [0.1, 0.15) is 29.8 Å². The van der Waals surface area contributed by atoms with Crippen molar-refractivity contribution in [1.29, 1.82) is 0 Å². The van der Waals surface area contributed by atoms with Gasteiger partial charge in [-0.05, 0) is 71.1 Å². The summed E-state index contributed by atoms with van der Waals surface area (Å²) in [5.41, 5.74) is -2.78. The van der Waals surface area contributed by atoms with E-state index in [1.54, 1.807) is 58.0 Å². The van der Waals surface area contributed by atoms with E-state index in [9.17, 15) is 29.1 Å². The van der Waals surface area contributed by atoms with E-state index in [-0.39, 0.29) is 19.6 Å². The predicted octanol–water partition coefficient (Wildman–Crippen LogP) is 6.76. The Labute approximate surface area is 316 Å². The number of benzene rings is 1. The van der Waals surface area contributed by atoms with Gasteiger partial charge in [0.05, 0.1) is 19.6 Å². The van der Waals surface area contributed by atoms with Crippen LogP contribution in [0.15, 0.2) is 36.4 Å². The summed E-state index contributed by atoms with van der Waals surface area (Å²) in [6, 6.07) is 5.76. The number of rotatable bonds is 26. The number of aliphatic hydroxyl groups is 1. The summed E-state index contributed by atoms with van der Waals surface area (Å²) in [6.45, 7) is 9.83. The van der Waals surface area contributed by atoms with E-state index < -0.39 is 53.4 Å². The van der Waals surface area contributed by atoms with Crippen LogP contribution in [-0.2, 0) is 44.6 Å². The van der Waals surface area contributed by atoms with Gasteiger partial charge in [0.2, 0.25) is 5.91 Å². The zero-order valence-electron chi connectivity index (χ0n) is 33.1. The number of unbranched alkanes of at least 4 members (excludes halogenated alkanes) is 8.